The zero-order valence-electron chi connectivity index (χ0n) is 14.9. The fourth-order valence-electron chi connectivity index (χ4n) is 4.07. The number of nitrogens with zero attached hydrogens (tertiary/aromatic N) is 1. The Morgan fingerprint density at radius 3 is 1.76 bits per heavy atom. The van der Waals surface area contributed by atoms with Crippen molar-refractivity contribution in [3.63, 3.8) is 0 Å². The second kappa shape index (κ2) is 7.84. The maximum atomic E-state index is 2.66. The molecular formula is C19H33NSi. The Morgan fingerprint density at radius 1 is 0.905 bits per heavy atom. The van der Waals surface area contributed by atoms with Crippen LogP contribution in [0.25, 0.3) is 0 Å². The number of allylic oxidation sites excluding steroid dienone is 1. The van der Waals surface area contributed by atoms with Crippen LogP contribution in [-0.2, 0) is 0 Å². The number of para-hydroxylation sites is 1. The molecule has 0 aliphatic rings. The van der Waals surface area contributed by atoms with Crippen LogP contribution >= 0.6 is 0 Å². The minimum absolute atomic E-state index is 0.708. The monoisotopic (exact) mass is 303 g/mol. The van der Waals surface area contributed by atoms with E-state index in [0.717, 1.165) is 6.42 Å². The summed E-state index contributed by atoms with van der Waals surface area (Å²) in [6.07, 6.45) is 5.76. The largest absolute Gasteiger partial charge is 0.374 e. The Balaban J connectivity index is 3.47. The van der Waals surface area contributed by atoms with Crippen LogP contribution in [-0.4, -0.2) is 8.24 Å². The van der Waals surface area contributed by atoms with Crippen molar-refractivity contribution in [2.45, 2.75) is 71.5 Å². The van der Waals surface area contributed by atoms with E-state index < -0.39 is 8.24 Å². The van der Waals surface area contributed by atoms with Crippen molar-refractivity contribution >= 4 is 13.9 Å². The van der Waals surface area contributed by atoms with Gasteiger partial charge in [-0.15, -0.1) is 0 Å². The molecule has 1 aromatic rings. The first kappa shape index (κ1) is 18.0. The van der Waals surface area contributed by atoms with Gasteiger partial charge in [-0.2, -0.15) is 0 Å². The first-order chi connectivity index (χ1) is 9.88. The zero-order chi connectivity index (χ0) is 16.0. The van der Waals surface area contributed by atoms with Crippen molar-refractivity contribution < 1.29 is 0 Å². The molecule has 0 unspecified atom stereocenters. The molecule has 0 fully saturated rings. The fourth-order valence-corrected chi connectivity index (χ4v) is 10.7. The molecule has 21 heavy (non-hydrogen) atoms. The molecule has 118 valence electrons. The Labute approximate surface area is 133 Å². The lowest BCUT2D eigenvalue weighted by Crippen LogP contribution is -2.58. The molecule has 1 rings (SSSR count). The van der Waals surface area contributed by atoms with Gasteiger partial charge in [-0.05, 0) is 41.4 Å². The highest BCUT2D eigenvalue weighted by molar-refractivity contribution is 6.87. The van der Waals surface area contributed by atoms with Gasteiger partial charge in [-0.3, -0.25) is 0 Å². The molecule has 0 saturated heterocycles. The molecule has 2 heteroatoms. The smallest absolute Gasteiger partial charge is 0.169 e. The van der Waals surface area contributed by atoms with Gasteiger partial charge in [0.2, 0.25) is 0 Å². The molecule has 0 bridgehead atoms. The molecule has 0 aliphatic carbocycles. The quantitative estimate of drug-likeness (QED) is 0.513. The number of hydrogen-bond acceptors (Lipinski definition) is 1. The van der Waals surface area contributed by atoms with Gasteiger partial charge < -0.3 is 4.57 Å². The Bertz CT molecular complexity index is 412. The molecule has 0 aromatic heterocycles. The molecular weight excluding hydrogens is 270 g/mol. The van der Waals surface area contributed by atoms with Crippen molar-refractivity contribution in [1.82, 2.24) is 0 Å². The normalized spacial score (nSPS) is 12.9. The van der Waals surface area contributed by atoms with E-state index in [0.29, 0.717) is 16.6 Å². The molecule has 0 spiro atoms. The van der Waals surface area contributed by atoms with E-state index in [1.165, 1.54) is 5.69 Å². The van der Waals surface area contributed by atoms with Crippen LogP contribution in [0.1, 0.15) is 54.9 Å². The van der Waals surface area contributed by atoms with Gasteiger partial charge in [-0.1, -0.05) is 72.7 Å². The average Bonchev–Trinajstić information content (AvgIpc) is 2.42. The van der Waals surface area contributed by atoms with Gasteiger partial charge in [0.1, 0.15) is 0 Å². The highest BCUT2D eigenvalue weighted by Crippen LogP contribution is 2.46. The molecule has 0 saturated carbocycles. The van der Waals surface area contributed by atoms with E-state index in [4.69, 9.17) is 0 Å². The summed E-state index contributed by atoms with van der Waals surface area (Å²) in [7, 11) is -1.69. The minimum Gasteiger partial charge on any atom is -0.374 e. The highest BCUT2D eigenvalue weighted by Gasteiger charge is 2.47. The van der Waals surface area contributed by atoms with E-state index >= 15 is 0 Å². The summed E-state index contributed by atoms with van der Waals surface area (Å²) < 4.78 is 2.66. The van der Waals surface area contributed by atoms with Crippen LogP contribution < -0.4 is 4.57 Å². The topological polar surface area (TPSA) is 3.24 Å². The summed E-state index contributed by atoms with van der Waals surface area (Å²) in [4.78, 5) is 0. The Morgan fingerprint density at radius 2 is 1.38 bits per heavy atom. The lowest BCUT2D eigenvalue weighted by Gasteiger charge is -2.50. The summed E-state index contributed by atoms with van der Waals surface area (Å²) >= 11 is 0. The van der Waals surface area contributed by atoms with Gasteiger partial charge in [0, 0.05) is 5.69 Å². The molecule has 0 radical (unpaired) electrons. The molecule has 0 atom stereocenters. The van der Waals surface area contributed by atoms with Gasteiger partial charge in [0.25, 0.3) is 0 Å². The fraction of sp³-hybridized carbons (Fsp3) is 0.579. The van der Waals surface area contributed by atoms with Crippen LogP contribution in [0.2, 0.25) is 16.6 Å². The van der Waals surface area contributed by atoms with Gasteiger partial charge in [0.15, 0.2) is 8.24 Å². The predicted octanol–water partition coefficient (Wildman–Crippen LogP) is 6.59. The molecule has 1 nitrogen and oxygen atoms in total. The molecule has 0 N–H and O–H groups in total. The second-order valence-electron chi connectivity index (χ2n) is 6.85. The first-order valence-electron chi connectivity index (χ1n) is 8.39. The first-order valence-corrected chi connectivity index (χ1v) is 10.6. The third-order valence-corrected chi connectivity index (χ3v) is 11.5. The van der Waals surface area contributed by atoms with Crippen LogP contribution in [0.3, 0.4) is 0 Å². The van der Waals surface area contributed by atoms with Crippen molar-refractivity contribution in [2.75, 3.05) is 4.57 Å². The van der Waals surface area contributed by atoms with Crippen LogP contribution in [0.5, 0.6) is 0 Å². The number of hydrogen-bond donors (Lipinski definition) is 0. The SMILES string of the molecule is CCC=CN(c1ccccc1)[Si](C(C)C)(C(C)C)C(C)C. The second-order valence-corrected chi connectivity index (χ2v) is 12.6. The maximum absolute atomic E-state index is 2.66. The molecule has 0 heterocycles. The standard InChI is InChI=1S/C19H33NSi/c1-8-9-15-20(19-13-11-10-12-14-19)21(16(2)3,17(4)5)18(6)7/h9-18H,8H2,1-7H3. The van der Waals surface area contributed by atoms with Crippen LogP contribution in [0, 0.1) is 0 Å². The highest BCUT2D eigenvalue weighted by atomic mass is 28.3. The minimum atomic E-state index is -1.69. The summed E-state index contributed by atoms with van der Waals surface area (Å²) in [5.41, 5.74) is 3.47. The summed E-state index contributed by atoms with van der Waals surface area (Å²) in [5.74, 6) is 0. The maximum Gasteiger partial charge on any atom is 0.169 e. The number of anilines is 1. The van der Waals surface area contributed by atoms with Crippen molar-refractivity contribution in [1.29, 1.82) is 0 Å². The van der Waals surface area contributed by atoms with Crippen molar-refractivity contribution in [2.24, 2.45) is 0 Å². The molecule has 1 aromatic carbocycles. The Kier molecular flexibility index (Phi) is 6.73. The average molecular weight is 304 g/mol. The Hall–Kier alpha value is -1.02. The third-order valence-electron chi connectivity index (χ3n) is 4.72. The summed E-state index contributed by atoms with van der Waals surface area (Å²) in [5, 5.41) is 0. The summed E-state index contributed by atoms with van der Waals surface area (Å²) in [6, 6.07) is 10.9. The van der Waals surface area contributed by atoms with Crippen molar-refractivity contribution in [3.8, 4) is 0 Å². The van der Waals surface area contributed by atoms with Crippen molar-refractivity contribution in [3.05, 3.63) is 42.6 Å². The third kappa shape index (κ3) is 3.60. The summed E-state index contributed by atoms with van der Waals surface area (Å²) in [6.45, 7) is 16.7. The van der Waals surface area contributed by atoms with E-state index in [1.807, 2.05) is 0 Å². The number of rotatable bonds is 7. The lowest BCUT2D eigenvalue weighted by molar-refractivity contribution is 0.799. The van der Waals surface area contributed by atoms with Gasteiger partial charge in [-0.25, -0.2) is 0 Å². The van der Waals surface area contributed by atoms with Gasteiger partial charge in [0.05, 0.1) is 0 Å². The van der Waals surface area contributed by atoms with E-state index in [-0.39, 0.29) is 0 Å². The van der Waals surface area contributed by atoms with E-state index in [9.17, 15) is 0 Å². The lowest BCUT2D eigenvalue weighted by atomic mass is 10.3. The molecule has 0 amide bonds. The number of benzene rings is 1. The van der Waals surface area contributed by atoms with Crippen LogP contribution in [0.4, 0.5) is 5.69 Å². The predicted molar refractivity (Wildman–Crippen MR) is 99.4 cm³/mol. The molecule has 0 aliphatic heterocycles. The van der Waals surface area contributed by atoms with E-state index in [2.05, 4.69) is 95.6 Å². The zero-order valence-corrected chi connectivity index (χ0v) is 15.9. The van der Waals surface area contributed by atoms with Gasteiger partial charge >= 0.3 is 0 Å². The van der Waals surface area contributed by atoms with E-state index in [1.54, 1.807) is 0 Å². The van der Waals surface area contributed by atoms with Crippen LogP contribution in [0.15, 0.2) is 42.6 Å².